The molecule has 4 nitrogen and oxygen atoms in total. The van der Waals surface area contributed by atoms with Crippen molar-refractivity contribution >= 4 is 17.2 Å². The predicted octanol–water partition coefficient (Wildman–Crippen LogP) is 2.24. The summed E-state index contributed by atoms with van der Waals surface area (Å²) in [5.41, 5.74) is 2.04. The molecule has 0 aliphatic carbocycles. The van der Waals surface area contributed by atoms with E-state index in [1.54, 1.807) is 18.3 Å². The van der Waals surface area contributed by atoms with Gasteiger partial charge in [0.25, 0.3) is 0 Å². The van der Waals surface area contributed by atoms with Gasteiger partial charge in [0.05, 0.1) is 17.3 Å². The Balaban J connectivity index is 1.89. The molecule has 2 N–H and O–H groups in total. The predicted molar refractivity (Wildman–Crippen MR) is 80.6 cm³/mol. The molecular formula is C15H18N2O2S. The molecule has 2 aromatic rings. The molecule has 0 spiro atoms. The molecule has 0 radical (unpaired) electrons. The summed E-state index contributed by atoms with van der Waals surface area (Å²) in [4.78, 5) is 16.2. The number of nitrogens with one attached hydrogen (secondary N) is 1. The van der Waals surface area contributed by atoms with Gasteiger partial charge in [-0.15, -0.1) is 11.3 Å². The number of benzene rings is 1. The normalized spacial score (nSPS) is 12.1. The summed E-state index contributed by atoms with van der Waals surface area (Å²) in [6.45, 7) is 1.73. The van der Waals surface area contributed by atoms with E-state index in [0.717, 1.165) is 16.3 Å². The Hall–Kier alpha value is -1.72. The van der Waals surface area contributed by atoms with E-state index in [0.29, 0.717) is 12.8 Å². The lowest BCUT2D eigenvalue weighted by Gasteiger charge is -2.09. The van der Waals surface area contributed by atoms with Crippen molar-refractivity contribution in [3.8, 4) is 11.3 Å². The van der Waals surface area contributed by atoms with Crippen LogP contribution < -0.4 is 5.32 Å². The summed E-state index contributed by atoms with van der Waals surface area (Å²) < 4.78 is 0. The summed E-state index contributed by atoms with van der Waals surface area (Å²) in [5.74, 6) is -0.0528. The van der Waals surface area contributed by atoms with Gasteiger partial charge in [-0.05, 0) is 6.92 Å². The number of carbonyl (C=O) groups is 1. The lowest BCUT2D eigenvalue weighted by Crippen LogP contribution is -2.35. The van der Waals surface area contributed by atoms with E-state index in [1.807, 2.05) is 35.7 Å². The number of aryl methyl sites for hydroxylation is 1. The lowest BCUT2D eigenvalue weighted by molar-refractivity contribution is -0.121. The second-order valence-corrected chi connectivity index (χ2v) is 5.59. The average molecular weight is 290 g/mol. The van der Waals surface area contributed by atoms with Crippen molar-refractivity contribution in [1.29, 1.82) is 0 Å². The van der Waals surface area contributed by atoms with E-state index >= 15 is 0 Å². The fourth-order valence-corrected chi connectivity index (χ4v) is 2.59. The molecule has 1 amide bonds. The first-order valence-corrected chi connectivity index (χ1v) is 7.47. The van der Waals surface area contributed by atoms with E-state index in [-0.39, 0.29) is 18.6 Å². The van der Waals surface area contributed by atoms with Gasteiger partial charge in [0.15, 0.2) is 0 Å². The first-order valence-electron chi connectivity index (χ1n) is 6.59. The first-order chi connectivity index (χ1) is 9.69. The Kier molecular flexibility index (Phi) is 5.26. The number of nitrogens with zero attached hydrogens (tertiary/aromatic N) is 1. The molecule has 1 aromatic heterocycles. The van der Waals surface area contributed by atoms with Crippen LogP contribution in [-0.2, 0) is 11.2 Å². The molecule has 0 aliphatic heterocycles. The number of hydrogen-bond donors (Lipinski definition) is 2. The summed E-state index contributed by atoms with van der Waals surface area (Å²) in [7, 11) is 0. The van der Waals surface area contributed by atoms with Crippen molar-refractivity contribution in [3.63, 3.8) is 0 Å². The van der Waals surface area contributed by atoms with Gasteiger partial charge in [0.1, 0.15) is 0 Å². The Morgan fingerprint density at radius 2 is 2.15 bits per heavy atom. The van der Waals surface area contributed by atoms with Crippen LogP contribution in [0.15, 0.2) is 35.7 Å². The minimum Gasteiger partial charge on any atom is -0.394 e. The molecule has 5 heteroatoms. The van der Waals surface area contributed by atoms with Crippen molar-refractivity contribution in [1.82, 2.24) is 10.3 Å². The Labute approximate surface area is 122 Å². The monoisotopic (exact) mass is 290 g/mol. The molecule has 0 saturated carbocycles. The number of aliphatic hydroxyl groups is 1. The van der Waals surface area contributed by atoms with E-state index in [1.165, 1.54) is 0 Å². The molecule has 1 unspecified atom stereocenters. The Morgan fingerprint density at radius 1 is 1.40 bits per heavy atom. The molecule has 2 rings (SSSR count). The molecular weight excluding hydrogens is 272 g/mol. The van der Waals surface area contributed by atoms with Gasteiger partial charge in [-0.1, -0.05) is 30.3 Å². The number of amides is 1. The molecule has 0 bridgehead atoms. The number of aromatic nitrogens is 1. The Bertz CT molecular complexity index is 554. The first kappa shape index (κ1) is 14.7. The van der Waals surface area contributed by atoms with Gasteiger partial charge in [-0.3, -0.25) is 4.79 Å². The maximum Gasteiger partial charge on any atom is 0.220 e. The van der Waals surface area contributed by atoms with E-state index in [4.69, 9.17) is 5.11 Å². The van der Waals surface area contributed by atoms with Gasteiger partial charge in [-0.25, -0.2) is 4.98 Å². The summed E-state index contributed by atoms with van der Waals surface area (Å²) in [6, 6.07) is 9.79. The highest BCUT2D eigenvalue weighted by Gasteiger charge is 2.09. The van der Waals surface area contributed by atoms with Gasteiger partial charge in [0.2, 0.25) is 5.91 Å². The fraction of sp³-hybridized carbons (Fsp3) is 0.333. The Morgan fingerprint density at radius 3 is 2.85 bits per heavy atom. The van der Waals surface area contributed by atoms with E-state index in [2.05, 4.69) is 10.3 Å². The number of hydrogen-bond acceptors (Lipinski definition) is 4. The van der Waals surface area contributed by atoms with Gasteiger partial charge >= 0.3 is 0 Å². The molecule has 0 saturated heterocycles. The van der Waals surface area contributed by atoms with Crippen LogP contribution >= 0.6 is 11.3 Å². The zero-order chi connectivity index (χ0) is 14.4. The summed E-state index contributed by atoms with van der Waals surface area (Å²) in [5, 5.41) is 14.6. The second-order valence-electron chi connectivity index (χ2n) is 4.64. The largest absolute Gasteiger partial charge is 0.394 e. The van der Waals surface area contributed by atoms with Crippen molar-refractivity contribution < 1.29 is 9.90 Å². The molecule has 1 atom stereocenters. The third kappa shape index (κ3) is 4.15. The average Bonchev–Trinajstić information content (AvgIpc) is 2.95. The van der Waals surface area contributed by atoms with Gasteiger partial charge in [-0.2, -0.15) is 0 Å². The topological polar surface area (TPSA) is 62.2 Å². The maximum atomic E-state index is 11.6. The maximum absolute atomic E-state index is 11.6. The van der Waals surface area contributed by atoms with E-state index in [9.17, 15) is 4.79 Å². The lowest BCUT2D eigenvalue weighted by atomic mass is 10.2. The standard InChI is InChI=1S/C15H18N2O2S/c1-11(9-18)16-14(19)7-8-15-17-13(10-20-15)12-5-3-2-4-6-12/h2-6,10-11,18H,7-9H2,1H3,(H,16,19). The minimum absolute atomic E-state index is 0.0405. The number of rotatable bonds is 6. The van der Waals surface area contributed by atoms with Crippen LogP contribution in [0, 0.1) is 0 Å². The van der Waals surface area contributed by atoms with Crippen LogP contribution in [0.5, 0.6) is 0 Å². The molecule has 1 heterocycles. The van der Waals surface area contributed by atoms with Gasteiger partial charge in [0, 0.05) is 29.8 Å². The smallest absolute Gasteiger partial charge is 0.220 e. The van der Waals surface area contributed by atoms with Crippen LogP contribution in [0.3, 0.4) is 0 Å². The molecule has 0 fully saturated rings. The third-order valence-corrected chi connectivity index (χ3v) is 3.78. The fourth-order valence-electron chi connectivity index (χ4n) is 1.78. The quantitative estimate of drug-likeness (QED) is 0.857. The zero-order valence-electron chi connectivity index (χ0n) is 11.4. The number of aliphatic hydroxyl groups excluding tert-OH is 1. The van der Waals surface area contributed by atoms with Crippen molar-refractivity contribution in [2.75, 3.05) is 6.61 Å². The van der Waals surface area contributed by atoms with Crippen LogP contribution in [0.1, 0.15) is 18.4 Å². The molecule has 0 aliphatic rings. The third-order valence-electron chi connectivity index (χ3n) is 2.87. The van der Waals surface area contributed by atoms with Crippen molar-refractivity contribution in [2.24, 2.45) is 0 Å². The zero-order valence-corrected chi connectivity index (χ0v) is 12.2. The SMILES string of the molecule is CC(CO)NC(=O)CCc1nc(-c2ccccc2)cs1. The molecule has 106 valence electrons. The van der Waals surface area contributed by atoms with Crippen LogP contribution in [0.25, 0.3) is 11.3 Å². The number of thiazole rings is 1. The number of carbonyl (C=O) groups excluding carboxylic acids is 1. The molecule has 20 heavy (non-hydrogen) atoms. The van der Waals surface area contributed by atoms with Crippen LogP contribution in [0.2, 0.25) is 0 Å². The highest BCUT2D eigenvalue weighted by molar-refractivity contribution is 7.09. The van der Waals surface area contributed by atoms with Gasteiger partial charge < -0.3 is 10.4 Å². The van der Waals surface area contributed by atoms with Crippen molar-refractivity contribution in [2.45, 2.75) is 25.8 Å². The second kappa shape index (κ2) is 7.17. The van der Waals surface area contributed by atoms with Crippen LogP contribution in [-0.4, -0.2) is 28.6 Å². The summed E-state index contributed by atoms with van der Waals surface area (Å²) in [6.07, 6.45) is 1.02. The van der Waals surface area contributed by atoms with E-state index < -0.39 is 0 Å². The summed E-state index contributed by atoms with van der Waals surface area (Å²) >= 11 is 1.57. The highest BCUT2D eigenvalue weighted by atomic mass is 32.1. The van der Waals surface area contributed by atoms with Crippen LogP contribution in [0.4, 0.5) is 0 Å². The minimum atomic E-state index is -0.196. The molecule has 1 aromatic carbocycles. The highest BCUT2D eigenvalue weighted by Crippen LogP contribution is 2.22. The van der Waals surface area contributed by atoms with Crippen molar-refractivity contribution in [3.05, 3.63) is 40.7 Å².